The molecule has 1 fully saturated rings. The summed E-state index contributed by atoms with van der Waals surface area (Å²) in [5.41, 5.74) is -3.05. The van der Waals surface area contributed by atoms with E-state index in [1.807, 2.05) is 0 Å². The van der Waals surface area contributed by atoms with E-state index in [1.54, 1.807) is 6.92 Å². The zero-order chi connectivity index (χ0) is 14.5. The molecule has 0 N–H and O–H groups in total. The van der Waals surface area contributed by atoms with E-state index in [4.69, 9.17) is 0 Å². The summed E-state index contributed by atoms with van der Waals surface area (Å²) in [6.45, 7) is 1.62. The minimum atomic E-state index is -4.62. The number of hydrogen-bond acceptors (Lipinski definition) is 0. The minimum Gasteiger partial charge on any atom is -0.170 e. The Labute approximate surface area is 106 Å². The molecule has 0 unspecified atom stereocenters. The molecule has 0 spiro atoms. The van der Waals surface area contributed by atoms with E-state index in [2.05, 4.69) is 0 Å². The van der Waals surface area contributed by atoms with Crippen molar-refractivity contribution >= 4 is 0 Å². The highest BCUT2D eigenvalue weighted by Gasteiger charge is 2.64. The fourth-order valence-corrected chi connectivity index (χ4v) is 2.20. The lowest BCUT2D eigenvalue weighted by atomic mass is 9.91. The predicted molar refractivity (Wildman–Crippen MR) is 57.8 cm³/mol. The molecule has 2 rings (SSSR count). The molecule has 0 heterocycles. The Morgan fingerprint density at radius 3 is 1.95 bits per heavy atom. The minimum absolute atomic E-state index is 0.138. The van der Waals surface area contributed by atoms with Gasteiger partial charge in [-0.2, -0.15) is 26.3 Å². The first kappa shape index (κ1) is 14.2. The van der Waals surface area contributed by atoms with E-state index in [0.29, 0.717) is 6.07 Å². The molecule has 1 saturated carbocycles. The second kappa shape index (κ2) is 4.15. The lowest BCUT2D eigenvalue weighted by Crippen LogP contribution is -2.29. The number of rotatable bonds is 2. The van der Waals surface area contributed by atoms with Crippen LogP contribution in [0.15, 0.2) is 18.2 Å². The van der Waals surface area contributed by atoms with Crippen LogP contribution in [-0.2, 0) is 18.0 Å². The van der Waals surface area contributed by atoms with Gasteiger partial charge in [-0.05, 0) is 42.5 Å². The van der Waals surface area contributed by atoms with Gasteiger partial charge in [-0.25, -0.2) is 0 Å². The third kappa shape index (κ3) is 2.44. The van der Waals surface area contributed by atoms with Crippen LogP contribution in [0.1, 0.15) is 36.5 Å². The van der Waals surface area contributed by atoms with Crippen LogP contribution in [0.25, 0.3) is 0 Å². The number of alkyl halides is 6. The summed E-state index contributed by atoms with van der Waals surface area (Å²) in [5, 5.41) is 0. The summed E-state index contributed by atoms with van der Waals surface area (Å²) in [4.78, 5) is 0. The molecule has 0 radical (unpaired) electrons. The lowest BCUT2D eigenvalue weighted by Gasteiger charge is -2.21. The Kier molecular flexibility index (Phi) is 3.10. The molecule has 0 nitrogen and oxygen atoms in total. The number of aryl methyl sites for hydroxylation is 1. The molecule has 0 saturated heterocycles. The summed E-state index contributed by atoms with van der Waals surface area (Å²) >= 11 is 0. The highest BCUT2D eigenvalue weighted by Crippen LogP contribution is 2.59. The van der Waals surface area contributed by atoms with Crippen molar-refractivity contribution in [1.29, 1.82) is 0 Å². The Morgan fingerprint density at radius 2 is 1.58 bits per heavy atom. The largest absolute Gasteiger partial charge is 0.416 e. The number of hydrogen-bond donors (Lipinski definition) is 0. The first-order chi connectivity index (χ1) is 8.60. The van der Waals surface area contributed by atoms with Gasteiger partial charge in [0.25, 0.3) is 0 Å². The van der Waals surface area contributed by atoms with Crippen molar-refractivity contribution in [2.45, 2.75) is 44.0 Å². The van der Waals surface area contributed by atoms with E-state index in [9.17, 15) is 26.3 Å². The predicted octanol–water partition coefficient (Wildman–Crippen LogP) is 4.86. The third-order valence-corrected chi connectivity index (χ3v) is 3.57. The summed E-state index contributed by atoms with van der Waals surface area (Å²) in [6, 6.07) is 2.80. The maximum absolute atomic E-state index is 13.0. The molecule has 106 valence electrons. The van der Waals surface area contributed by atoms with Gasteiger partial charge < -0.3 is 0 Å². The average molecular weight is 282 g/mol. The first-order valence-corrected chi connectivity index (χ1v) is 5.88. The van der Waals surface area contributed by atoms with Gasteiger partial charge in [-0.3, -0.25) is 0 Å². The van der Waals surface area contributed by atoms with E-state index in [1.165, 1.54) is 6.07 Å². The molecule has 1 aliphatic rings. The Balaban J connectivity index is 2.53. The molecule has 19 heavy (non-hydrogen) atoms. The Hall–Kier alpha value is -1.20. The fourth-order valence-electron chi connectivity index (χ4n) is 2.20. The summed E-state index contributed by atoms with van der Waals surface area (Å²) in [7, 11) is 0. The van der Waals surface area contributed by atoms with Crippen molar-refractivity contribution in [1.82, 2.24) is 0 Å². The van der Waals surface area contributed by atoms with Crippen LogP contribution in [-0.4, -0.2) is 6.18 Å². The van der Waals surface area contributed by atoms with Gasteiger partial charge in [-0.1, -0.05) is 13.0 Å². The fraction of sp³-hybridized carbons (Fsp3) is 0.538. The second-order valence-corrected chi connectivity index (χ2v) is 4.85. The maximum Gasteiger partial charge on any atom is 0.416 e. The van der Waals surface area contributed by atoms with Crippen molar-refractivity contribution in [2.75, 3.05) is 0 Å². The molecule has 1 aliphatic carbocycles. The van der Waals surface area contributed by atoms with Crippen molar-refractivity contribution in [3.8, 4) is 0 Å². The van der Waals surface area contributed by atoms with Crippen molar-refractivity contribution in [2.24, 2.45) is 0 Å². The van der Waals surface area contributed by atoms with Gasteiger partial charge in [0, 0.05) is 0 Å². The van der Waals surface area contributed by atoms with Gasteiger partial charge in [0.1, 0.15) is 0 Å². The van der Waals surface area contributed by atoms with Crippen molar-refractivity contribution < 1.29 is 26.3 Å². The van der Waals surface area contributed by atoms with Gasteiger partial charge in [0.05, 0.1) is 11.0 Å². The highest BCUT2D eigenvalue weighted by atomic mass is 19.4. The van der Waals surface area contributed by atoms with Gasteiger partial charge in [0.2, 0.25) is 0 Å². The molecular formula is C13H12F6. The highest BCUT2D eigenvalue weighted by molar-refractivity contribution is 5.41. The topological polar surface area (TPSA) is 0 Å². The summed E-state index contributed by atoms with van der Waals surface area (Å²) in [6.07, 6.45) is -9.13. The average Bonchev–Trinajstić information content (AvgIpc) is 3.07. The van der Waals surface area contributed by atoms with Crippen LogP contribution in [0.5, 0.6) is 0 Å². The van der Waals surface area contributed by atoms with Crippen LogP contribution in [0.3, 0.4) is 0 Å². The number of benzene rings is 1. The molecular weight excluding hydrogens is 270 g/mol. The molecule has 0 atom stereocenters. The van der Waals surface area contributed by atoms with Crippen molar-refractivity contribution in [3.05, 3.63) is 34.9 Å². The number of halogens is 6. The summed E-state index contributed by atoms with van der Waals surface area (Å²) in [5.74, 6) is 0. The Bertz CT molecular complexity index is 479. The molecule has 1 aromatic rings. The van der Waals surface area contributed by atoms with Crippen molar-refractivity contribution in [3.63, 3.8) is 0 Å². The first-order valence-electron chi connectivity index (χ1n) is 5.88. The quantitative estimate of drug-likeness (QED) is 0.679. The van der Waals surface area contributed by atoms with E-state index in [-0.39, 0.29) is 30.4 Å². The monoisotopic (exact) mass is 282 g/mol. The van der Waals surface area contributed by atoms with Crippen LogP contribution in [0.2, 0.25) is 0 Å². The molecule has 1 aromatic carbocycles. The van der Waals surface area contributed by atoms with Crippen LogP contribution >= 0.6 is 0 Å². The van der Waals surface area contributed by atoms with E-state index in [0.717, 1.165) is 6.07 Å². The molecule has 0 amide bonds. The second-order valence-electron chi connectivity index (χ2n) is 4.85. The molecule has 6 heteroatoms. The standard InChI is InChI=1S/C13H12F6/c1-2-8-5-9(7-10(6-8)12(14,15)16)11(3-4-11)13(17,18)19/h5-7H,2-4H2,1H3. The van der Waals surface area contributed by atoms with E-state index < -0.39 is 23.3 Å². The maximum atomic E-state index is 13.0. The summed E-state index contributed by atoms with van der Waals surface area (Å²) < 4.78 is 77.0. The zero-order valence-electron chi connectivity index (χ0n) is 10.1. The SMILES string of the molecule is CCc1cc(C(F)(F)F)cc(C2(C(F)(F)F)CC2)c1. The molecule has 0 aromatic heterocycles. The third-order valence-electron chi connectivity index (χ3n) is 3.57. The van der Waals surface area contributed by atoms with Crippen LogP contribution in [0, 0.1) is 0 Å². The normalized spacial score (nSPS) is 18.5. The molecule has 0 aliphatic heterocycles. The van der Waals surface area contributed by atoms with E-state index >= 15 is 0 Å². The smallest absolute Gasteiger partial charge is 0.170 e. The van der Waals surface area contributed by atoms with Crippen LogP contribution in [0.4, 0.5) is 26.3 Å². The Morgan fingerprint density at radius 1 is 1.00 bits per heavy atom. The van der Waals surface area contributed by atoms with Gasteiger partial charge in [0.15, 0.2) is 0 Å². The molecule has 0 bridgehead atoms. The van der Waals surface area contributed by atoms with Gasteiger partial charge in [-0.15, -0.1) is 0 Å². The van der Waals surface area contributed by atoms with Crippen LogP contribution < -0.4 is 0 Å². The van der Waals surface area contributed by atoms with Gasteiger partial charge >= 0.3 is 12.4 Å². The lowest BCUT2D eigenvalue weighted by molar-refractivity contribution is -0.161. The zero-order valence-corrected chi connectivity index (χ0v) is 10.1.